The molecule has 1 unspecified atom stereocenters. The van der Waals surface area contributed by atoms with E-state index in [2.05, 4.69) is 0 Å². The second kappa shape index (κ2) is 6.02. The van der Waals surface area contributed by atoms with E-state index in [1.807, 2.05) is 26.8 Å². The van der Waals surface area contributed by atoms with E-state index in [0.29, 0.717) is 17.6 Å². The zero-order valence-electron chi connectivity index (χ0n) is 12.1. The van der Waals surface area contributed by atoms with E-state index >= 15 is 0 Å². The van der Waals surface area contributed by atoms with Crippen molar-refractivity contribution in [2.75, 3.05) is 6.61 Å². The van der Waals surface area contributed by atoms with Crippen LogP contribution in [-0.4, -0.2) is 12.7 Å². The molecule has 0 saturated heterocycles. The summed E-state index contributed by atoms with van der Waals surface area (Å²) in [5.74, 6) is 0.414. The molecule has 3 heteroatoms. The molecule has 1 saturated carbocycles. The zero-order valence-corrected chi connectivity index (χ0v) is 12.1. The van der Waals surface area contributed by atoms with Crippen LogP contribution >= 0.6 is 0 Å². The molecular weight excluding hydrogens is 241 g/mol. The third kappa shape index (κ3) is 3.34. The number of ether oxygens (including phenoxy) is 1. The van der Waals surface area contributed by atoms with Crippen LogP contribution in [0.4, 0.5) is 4.39 Å². The monoisotopic (exact) mass is 265 g/mol. The van der Waals surface area contributed by atoms with Crippen LogP contribution in [0.5, 0.6) is 0 Å². The molecule has 0 aliphatic heterocycles. The van der Waals surface area contributed by atoms with Crippen LogP contribution in [0.1, 0.15) is 48.9 Å². The molecule has 19 heavy (non-hydrogen) atoms. The van der Waals surface area contributed by atoms with Gasteiger partial charge in [0, 0.05) is 18.2 Å². The third-order valence-electron chi connectivity index (χ3n) is 4.03. The van der Waals surface area contributed by atoms with Gasteiger partial charge >= 0.3 is 0 Å². The Morgan fingerprint density at radius 3 is 2.63 bits per heavy atom. The average Bonchev–Trinajstić information content (AvgIpc) is 2.24. The van der Waals surface area contributed by atoms with Crippen LogP contribution in [0, 0.1) is 25.6 Å². The predicted octanol–water partition coefficient (Wildman–Crippen LogP) is 3.65. The first-order valence-electron chi connectivity index (χ1n) is 7.15. The van der Waals surface area contributed by atoms with Gasteiger partial charge in [-0.05, 0) is 63.1 Å². The molecule has 1 atom stereocenters. The summed E-state index contributed by atoms with van der Waals surface area (Å²) in [7, 11) is 0. The van der Waals surface area contributed by atoms with Crippen molar-refractivity contribution in [3.05, 3.63) is 34.6 Å². The molecule has 0 amide bonds. The van der Waals surface area contributed by atoms with Gasteiger partial charge in [-0.2, -0.15) is 0 Å². The van der Waals surface area contributed by atoms with Gasteiger partial charge in [0.05, 0.1) is 6.10 Å². The first-order valence-corrected chi connectivity index (χ1v) is 7.15. The van der Waals surface area contributed by atoms with E-state index in [0.717, 1.165) is 37.0 Å². The van der Waals surface area contributed by atoms with E-state index in [-0.39, 0.29) is 11.9 Å². The van der Waals surface area contributed by atoms with Gasteiger partial charge in [0.2, 0.25) is 0 Å². The second-order valence-electron chi connectivity index (χ2n) is 5.73. The fourth-order valence-electron chi connectivity index (χ4n) is 3.11. The molecule has 0 spiro atoms. The minimum absolute atomic E-state index is 0.161. The van der Waals surface area contributed by atoms with Gasteiger partial charge in [-0.25, -0.2) is 4.39 Å². The number of nitrogens with two attached hydrogens (primary N) is 1. The van der Waals surface area contributed by atoms with Gasteiger partial charge in [0.15, 0.2) is 0 Å². The molecular formula is C16H24FNO. The number of rotatable bonds is 5. The lowest BCUT2D eigenvalue weighted by atomic mass is 9.77. The Morgan fingerprint density at radius 1 is 1.37 bits per heavy atom. The second-order valence-corrected chi connectivity index (χ2v) is 5.73. The highest BCUT2D eigenvalue weighted by Crippen LogP contribution is 2.37. The van der Waals surface area contributed by atoms with Crippen molar-refractivity contribution in [2.45, 2.75) is 52.2 Å². The molecule has 1 aliphatic rings. The number of hydrogen-bond acceptors (Lipinski definition) is 2. The fourth-order valence-corrected chi connectivity index (χ4v) is 3.11. The fraction of sp³-hybridized carbons (Fsp3) is 0.625. The molecule has 0 heterocycles. The minimum Gasteiger partial charge on any atom is -0.378 e. The summed E-state index contributed by atoms with van der Waals surface area (Å²) in [4.78, 5) is 0. The number of aryl methyl sites for hydroxylation is 2. The highest BCUT2D eigenvalue weighted by molar-refractivity contribution is 5.34. The predicted molar refractivity (Wildman–Crippen MR) is 75.6 cm³/mol. The quantitative estimate of drug-likeness (QED) is 0.882. The molecule has 0 aromatic heterocycles. The van der Waals surface area contributed by atoms with Crippen molar-refractivity contribution in [2.24, 2.45) is 11.7 Å². The molecule has 106 valence electrons. The van der Waals surface area contributed by atoms with Gasteiger partial charge in [0.25, 0.3) is 0 Å². The van der Waals surface area contributed by atoms with Gasteiger partial charge in [-0.15, -0.1) is 0 Å². The van der Waals surface area contributed by atoms with Gasteiger partial charge < -0.3 is 10.5 Å². The van der Waals surface area contributed by atoms with Crippen molar-refractivity contribution in [3.63, 3.8) is 0 Å². The van der Waals surface area contributed by atoms with Crippen LogP contribution < -0.4 is 5.73 Å². The Morgan fingerprint density at radius 2 is 2.05 bits per heavy atom. The van der Waals surface area contributed by atoms with Crippen LogP contribution in [0.25, 0.3) is 0 Å². The van der Waals surface area contributed by atoms with E-state index in [1.54, 1.807) is 6.07 Å². The molecule has 0 bridgehead atoms. The Labute approximate surface area is 115 Å². The summed E-state index contributed by atoms with van der Waals surface area (Å²) in [5, 5.41) is 0. The topological polar surface area (TPSA) is 35.2 Å². The number of hydrogen-bond donors (Lipinski definition) is 1. The highest BCUT2D eigenvalue weighted by Gasteiger charge is 2.31. The lowest BCUT2D eigenvalue weighted by molar-refractivity contribution is -0.0282. The Hall–Kier alpha value is -0.930. The summed E-state index contributed by atoms with van der Waals surface area (Å²) in [6.07, 6.45) is 3.37. The maximum Gasteiger partial charge on any atom is 0.128 e. The smallest absolute Gasteiger partial charge is 0.128 e. The van der Waals surface area contributed by atoms with E-state index in [4.69, 9.17) is 10.5 Å². The lowest BCUT2D eigenvalue weighted by Crippen LogP contribution is -2.33. The standard InChI is InChI=1S/C16H24FNO/c1-4-19-13-7-12(8-13)9-15(18)16-11(3)5-10(2)6-14(16)17/h5-6,12-13,15H,4,7-9,18H2,1-3H3. The summed E-state index contributed by atoms with van der Waals surface area (Å²) < 4.78 is 19.6. The van der Waals surface area contributed by atoms with Gasteiger partial charge in [-0.1, -0.05) is 6.07 Å². The van der Waals surface area contributed by atoms with E-state index in [9.17, 15) is 4.39 Å². The largest absolute Gasteiger partial charge is 0.378 e. The van der Waals surface area contributed by atoms with Crippen molar-refractivity contribution < 1.29 is 9.13 Å². The summed E-state index contributed by atoms with van der Waals surface area (Å²) in [6, 6.07) is 3.38. The number of halogens is 1. The van der Waals surface area contributed by atoms with Crippen molar-refractivity contribution in [1.82, 2.24) is 0 Å². The highest BCUT2D eigenvalue weighted by atomic mass is 19.1. The summed E-state index contributed by atoms with van der Waals surface area (Å²) in [6.45, 7) is 6.64. The zero-order chi connectivity index (χ0) is 14.0. The molecule has 1 fully saturated rings. The first-order chi connectivity index (χ1) is 9.01. The Kier molecular flexibility index (Phi) is 4.58. The molecule has 1 aromatic carbocycles. The van der Waals surface area contributed by atoms with E-state index in [1.165, 1.54) is 0 Å². The molecule has 2 nitrogen and oxygen atoms in total. The third-order valence-corrected chi connectivity index (χ3v) is 4.03. The normalized spacial score (nSPS) is 24.1. The van der Waals surface area contributed by atoms with Crippen LogP contribution in [-0.2, 0) is 4.74 Å². The maximum absolute atomic E-state index is 14.0. The van der Waals surface area contributed by atoms with Crippen LogP contribution in [0.3, 0.4) is 0 Å². The lowest BCUT2D eigenvalue weighted by Gasteiger charge is -2.36. The molecule has 1 aliphatic carbocycles. The van der Waals surface area contributed by atoms with E-state index < -0.39 is 0 Å². The first kappa shape index (κ1) is 14.5. The van der Waals surface area contributed by atoms with Gasteiger partial charge in [0.1, 0.15) is 5.82 Å². The summed E-state index contributed by atoms with van der Waals surface area (Å²) >= 11 is 0. The van der Waals surface area contributed by atoms with Crippen molar-refractivity contribution >= 4 is 0 Å². The average molecular weight is 265 g/mol. The molecule has 0 radical (unpaired) electrons. The minimum atomic E-state index is -0.201. The van der Waals surface area contributed by atoms with Crippen LogP contribution in [0.2, 0.25) is 0 Å². The molecule has 2 rings (SSSR count). The Bertz CT molecular complexity index is 417. The molecule has 2 N–H and O–H groups in total. The van der Waals surface area contributed by atoms with Crippen molar-refractivity contribution in [3.8, 4) is 0 Å². The SMILES string of the molecule is CCOC1CC(CC(N)c2c(C)cc(C)cc2F)C1. The summed E-state index contributed by atoms with van der Waals surface area (Å²) in [5.41, 5.74) is 8.79. The van der Waals surface area contributed by atoms with Crippen molar-refractivity contribution in [1.29, 1.82) is 0 Å². The van der Waals surface area contributed by atoms with Crippen LogP contribution in [0.15, 0.2) is 12.1 Å². The molecule has 1 aromatic rings. The number of benzene rings is 1. The van der Waals surface area contributed by atoms with Gasteiger partial charge in [-0.3, -0.25) is 0 Å². The Balaban J connectivity index is 1.96. The maximum atomic E-state index is 14.0.